The third kappa shape index (κ3) is 8.48. The SMILES string of the molecule is c1ccc(CN(Cc2ccccc2)c2ccc(C3=NN(c4ccc5ccccc5n4)C(c4ccc(N(Cc5ccccc5)Cc5ccccc5)cc4)C3)cc2)cc1. The summed E-state index contributed by atoms with van der Waals surface area (Å²) >= 11 is 0. The molecule has 5 nitrogen and oxygen atoms in total. The van der Waals surface area contributed by atoms with Crippen molar-refractivity contribution in [1.82, 2.24) is 4.98 Å². The van der Waals surface area contributed by atoms with E-state index in [1.807, 2.05) is 6.07 Å². The van der Waals surface area contributed by atoms with Gasteiger partial charge in [0.05, 0.1) is 17.3 Å². The molecular formula is C52H45N5. The van der Waals surface area contributed by atoms with Crippen molar-refractivity contribution >= 4 is 33.8 Å². The van der Waals surface area contributed by atoms with Crippen LogP contribution < -0.4 is 14.8 Å². The molecule has 9 rings (SSSR count). The summed E-state index contributed by atoms with van der Waals surface area (Å²) in [6.07, 6.45) is 0.767. The van der Waals surface area contributed by atoms with Crippen molar-refractivity contribution in [3.8, 4) is 0 Å². The molecule has 1 aromatic heterocycles. The quantitative estimate of drug-likeness (QED) is 0.118. The summed E-state index contributed by atoms with van der Waals surface area (Å²) < 4.78 is 0. The van der Waals surface area contributed by atoms with E-state index in [-0.39, 0.29) is 6.04 Å². The Kier molecular flexibility index (Phi) is 10.5. The third-order valence-corrected chi connectivity index (χ3v) is 10.8. The molecule has 0 fully saturated rings. The molecule has 57 heavy (non-hydrogen) atoms. The summed E-state index contributed by atoms with van der Waals surface area (Å²) in [7, 11) is 0. The molecular weight excluding hydrogens is 695 g/mol. The third-order valence-electron chi connectivity index (χ3n) is 10.8. The van der Waals surface area contributed by atoms with Crippen molar-refractivity contribution in [3.63, 3.8) is 0 Å². The summed E-state index contributed by atoms with van der Waals surface area (Å²) in [6, 6.07) is 73.5. The first-order chi connectivity index (χ1) is 28.2. The fourth-order valence-corrected chi connectivity index (χ4v) is 7.80. The average molecular weight is 740 g/mol. The van der Waals surface area contributed by atoms with Crippen molar-refractivity contribution in [2.45, 2.75) is 38.6 Å². The van der Waals surface area contributed by atoms with Crippen molar-refractivity contribution in [1.29, 1.82) is 0 Å². The van der Waals surface area contributed by atoms with Gasteiger partial charge >= 0.3 is 0 Å². The zero-order valence-electron chi connectivity index (χ0n) is 32.0. The lowest BCUT2D eigenvalue weighted by molar-refractivity contribution is 0.699. The normalized spacial score (nSPS) is 13.7. The minimum atomic E-state index is -0.00764. The fraction of sp³-hybridized carbons (Fsp3) is 0.115. The van der Waals surface area contributed by atoms with Crippen LogP contribution in [-0.4, -0.2) is 10.7 Å². The fourth-order valence-electron chi connectivity index (χ4n) is 7.80. The van der Waals surface area contributed by atoms with Crippen LogP contribution in [0, 0.1) is 0 Å². The molecule has 8 aromatic rings. The molecule has 1 unspecified atom stereocenters. The summed E-state index contributed by atoms with van der Waals surface area (Å²) in [4.78, 5) is 10.0. The molecule has 0 saturated heterocycles. The Morgan fingerprint density at radius 2 is 0.877 bits per heavy atom. The number of aromatic nitrogens is 1. The van der Waals surface area contributed by atoms with E-state index in [9.17, 15) is 0 Å². The zero-order valence-corrected chi connectivity index (χ0v) is 32.0. The molecule has 0 bridgehead atoms. The van der Waals surface area contributed by atoms with E-state index in [0.717, 1.165) is 60.6 Å². The summed E-state index contributed by atoms with van der Waals surface area (Å²) in [5.74, 6) is 0.848. The van der Waals surface area contributed by atoms with Crippen molar-refractivity contribution in [2.24, 2.45) is 5.10 Å². The number of benzene rings is 7. The highest BCUT2D eigenvalue weighted by molar-refractivity contribution is 6.03. The van der Waals surface area contributed by atoms with Crippen molar-refractivity contribution in [2.75, 3.05) is 14.8 Å². The number of fused-ring (bicyclic) bond motifs is 1. The van der Waals surface area contributed by atoms with Crippen LogP contribution in [0.25, 0.3) is 10.9 Å². The summed E-state index contributed by atoms with van der Waals surface area (Å²) in [5, 5.41) is 8.59. The lowest BCUT2D eigenvalue weighted by atomic mass is 9.97. The Balaban J connectivity index is 1.02. The van der Waals surface area contributed by atoms with E-state index >= 15 is 0 Å². The first-order valence-electron chi connectivity index (χ1n) is 19.8. The number of para-hydroxylation sites is 1. The molecule has 0 aliphatic carbocycles. The molecule has 7 aromatic carbocycles. The van der Waals surface area contributed by atoms with Crippen LogP contribution in [0.3, 0.4) is 0 Å². The Hall–Kier alpha value is -6.98. The Labute approximate surface area is 335 Å². The molecule has 0 N–H and O–H groups in total. The van der Waals surface area contributed by atoms with Crippen LogP contribution in [0.15, 0.2) is 211 Å². The molecule has 2 heterocycles. The standard InChI is InChI=1S/C52H45N5/c1-5-15-40(16-6-1)36-55(37-41-17-7-2-8-18-41)47-30-25-45(26-31-47)50-35-51(57(54-50)52-34-29-44-23-13-14-24-49(44)53-52)46-27-32-48(33-28-46)56(38-42-19-9-3-10-20-42)39-43-21-11-4-12-22-43/h1-34,51H,35-39H2. The van der Waals surface area contributed by atoms with E-state index in [4.69, 9.17) is 10.1 Å². The van der Waals surface area contributed by atoms with Gasteiger partial charge in [-0.3, -0.25) is 0 Å². The van der Waals surface area contributed by atoms with Crippen LogP contribution in [0.5, 0.6) is 0 Å². The highest BCUT2D eigenvalue weighted by Gasteiger charge is 2.31. The van der Waals surface area contributed by atoms with Gasteiger partial charge in [0.2, 0.25) is 0 Å². The predicted octanol–water partition coefficient (Wildman–Crippen LogP) is 12.0. The van der Waals surface area contributed by atoms with Crippen LogP contribution in [0.1, 0.15) is 45.8 Å². The minimum absolute atomic E-state index is 0.00764. The lowest BCUT2D eigenvalue weighted by Crippen LogP contribution is -2.23. The van der Waals surface area contributed by atoms with E-state index < -0.39 is 0 Å². The molecule has 278 valence electrons. The van der Waals surface area contributed by atoms with Gasteiger partial charge < -0.3 is 9.80 Å². The summed E-state index contributed by atoms with van der Waals surface area (Å²) in [6.45, 7) is 3.29. The molecule has 1 aliphatic heterocycles. The number of rotatable bonds is 13. The monoisotopic (exact) mass is 739 g/mol. The highest BCUT2D eigenvalue weighted by atomic mass is 15.5. The van der Waals surface area contributed by atoms with E-state index in [1.165, 1.54) is 39.2 Å². The molecule has 0 saturated carbocycles. The largest absolute Gasteiger partial charge is 0.363 e. The molecule has 1 aliphatic rings. The first-order valence-corrected chi connectivity index (χ1v) is 19.8. The van der Waals surface area contributed by atoms with Crippen LogP contribution in [0.2, 0.25) is 0 Å². The van der Waals surface area contributed by atoms with Gasteiger partial charge in [-0.1, -0.05) is 164 Å². The topological polar surface area (TPSA) is 35.0 Å². The average Bonchev–Trinajstić information content (AvgIpc) is 3.73. The Morgan fingerprint density at radius 1 is 0.439 bits per heavy atom. The maximum absolute atomic E-state index is 5.34. The van der Waals surface area contributed by atoms with Gasteiger partial charge in [0.25, 0.3) is 0 Å². The second-order valence-electron chi connectivity index (χ2n) is 14.8. The number of anilines is 3. The lowest BCUT2D eigenvalue weighted by Gasteiger charge is -2.27. The smallest absolute Gasteiger partial charge is 0.150 e. The van der Waals surface area contributed by atoms with Crippen molar-refractivity contribution < 1.29 is 0 Å². The van der Waals surface area contributed by atoms with Gasteiger partial charge in [-0.2, -0.15) is 5.10 Å². The zero-order chi connectivity index (χ0) is 38.2. The van der Waals surface area contributed by atoms with E-state index in [2.05, 4.69) is 215 Å². The molecule has 0 spiro atoms. The number of nitrogens with zero attached hydrogens (tertiary/aromatic N) is 5. The number of hydrazone groups is 1. The number of hydrogen-bond donors (Lipinski definition) is 0. The predicted molar refractivity (Wildman–Crippen MR) is 237 cm³/mol. The second kappa shape index (κ2) is 16.8. The van der Waals surface area contributed by atoms with Crippen LogP contribution in [0.4, 0.5) is 17.2 Å². The van der Waals surface area contributed by atoms with Crippen molar-refractivity contribution in [3.05, 3.63) is 240 Å². The van der Waals surface area contributed by atoms with Gasteiger partial charge in [-0.15, -0.1) is 0 Å². The molecule has 1 atom stereocenters. The van der Waals surface area contributed by atoms with Gasteiger partial charge in [0.1, 0.15) is 5.82 Å². The Bertz CT molecular complexity index is 2460. The van der Waals surface area contributed by atoms with Gasteiger partial charge in [0, 0.05) is 49.4 Å². The van der Waals surface area contributed by atoms with Crippen LogP contribution >= 0.6 is 0 Å². The van der Waals surface area contributed by atoms with E-state index in [0.29, 0.717) is 0 Å². The second-order valence-corrected chi connectivity index (χ2v) is 14.8. The maximum atomic E-state index is 5.34. The minimum Gasteiger partial charge on any atom is -0.363 e. The van der Waals surface area contributed by atoms with Gasteiger partial charge in [-0.05, 0) is 75.8 Å². The number of hydrogen-bond acceptors (Lipinski definition) is 5. The maximum Gasteiger partial charge on any atom is 0.150 e. The molecule has 0 radical (unpaired) electrons. The van der Waals surface area contributed by atoms with Crippen LogP contribution in [-0.2, 0) is 26.2 Å². The van der Waals surface area contributed by atoms with Gasteiger partial charge in [-0.25, -0.2) is 9.99 Å². The number of pyridine rings is 1. The van der Waals surface area contributed by atoms with E-state index in [1.54, 1.807) is 0 Å². The van der Waals surface area contributed by atoms with Gasteiger partial charge in [0.15, 0.2) is 0 Å². The molecule has 5 heteroatoms. The highest BCUT2D eigenvalue weighted by Crippen LogP contribution is 2.38. The molecule has 0 amide bonds. The summed E-state index contributed by atoms with van der Waals surface area (Å²) in [5.41, 5.74) is 11.9. The first kappa shape index (κ1) is 35.7. The Morgan fingerprint density at radius 3 is 1.37 bits per heavy atom.